The Morgan fingerprint density at radius 2 is 1.54 bits per heavy atom. The lowest BCUT2D eigenvalue weighted by atomic mass is 9.85. The molecule has 7 heteroatoms. The van der Waals surface area contributed by atoms with Crippen LogP contribution in [0.1, 0.15) is 15.9 Å². The molecule has 0 radical (unpaired) electrons. The van der Waals surface area contributed by atoms with Crippen molar-refractivity contribution < 1.29 is 4.79 Å². The van der Waals surface area contributed by atoms with Gasteiger partial charge >= 0.3 is 0 Å². The first-order valence-electron chi connectivity index (χ1n) is 8.75. The fraction of sp³-hybridized carbons (Fsp3) is 0. The molecule has 0 saturated heterocycles. The van der Waals surface area contributed by atoms with Crippen molar-refractivity contribution in [3.63, 3.8) is 0 Å². The van der Waals surface area contributed by atoms with Crippen LogP contribution in [0.3, 0.4) is 0 Å². The fourth-order valence-corrected chi connectivity index (χ4v) is 3.87. The zero-order valence-corrected chi connectivity index (χ0v) is 14.5. The van der Waals surface area contributed by atoms with Crippen molar-refractivity contribution in [3.8, 4) is 22.6 Å². The van der Waals surface area contributed by atoms with Crippen LogP contribution in [0.4, 0.5) is 0 Å². The van der Waals surface area contributed by atoms with E-state index in [0.29, 0.717) is 16.6 Å². The van der Waals surface area contributed by atoms with Gasteiger partial charge in [0.1, 0.15) is 6.33 Å². The first-order valence-corrected chi connectivity index (χ1v) is 8.75. The Morgan fingerprint density at radius 3 is 2.25 bits per heavy atom. The molecular formula is C21H12N6O. The highest BCUT2D eigenvalue weighted by molar-refractivity contribution is 6.27. The van der Waals surface area contributed by atoms with E-state index in [4.69, 9.17) is 0 Å². The van der Waals surface area contributed by atoms with Crippen molar-refractivity contribution in [1.29, 1.82) is 0 Å². The van der Waals surface area contributed by atoms with E-state index in [-0.39, 0.29) is 5.78 Å². The van der Waals surface area contributed by atoms with Crippen LogP contribution in [0.15, 0.2) is 74.1 Å². The van der Waals surface area contributed by atoms with Crippen molar-refractivity contribution in [1.82, 2.24) is 29.1 Å². The molecule has 0 saturated carbocycles. The van der Waals surface area contributed by atoms with E-state index in [0.717, 1.165) is 28.0 Å². The molecule has 0 atom stereocenters. The molecule has 1 aliphatic rings. The molecule has 3 heterocycles. The van der Waals surface area contributed by atoms with Crippen molar-refractivity contribution >= 4 is 16.7 Å². The van der Waals surface area contributed by atoms with Gasteiger partial charge in [-0.15, -0.1) is 0 Å². The second-order valence-corrected chi connectivity index (χ2v) is 6.55. The SMILES string of the molecule is O=C1c2ccccc2-c2ncnc3c(-n4ccnc4)cc(-n4ccnc4)c1c23. The summed E-state index contributed by atoms with van der Waals surface area (Å²) in [7, 11) is 0. The highest BCUT2D eigenvalue weighted by Crippen LogP contribution is 2.41. The van der Waals surface area contributed by atoms with Gasteiger partial charge in [0.25, 0.3) is 0 Å². The van der Waals surface area contributed by atoms with Gasteiger partial charge in [0.05, 0.1) is 40.8 Å². The van der Waals surface area contributed by atoms with Crippen molar-refractivity contribution in [2.75, 3.05) is 0 Å². The van der Waals surface area contributed by atoms with Crippen LogP contribution in [0.2, 0.25) is 0 Å². The van der Waals surface area contributed by atoms with Crippen LogP contribution < -0.4 is 0 Å². The first kappa shape index (κ1) is 15.0. The minimum atomic E-state index is -0.0382. The predicted molar refractivity (Wildman–Crippen MR) is 103 cm³/mol. The summed E-state index contributed by atoms with van der Waals surface area (Å²) in [5.74, 6) is -0.0382. The molecule has 0 bridgehead atoms. The average Bonchev–Trinajstić information content (AvgIpc) is 3.45. The highest BCUT2D eigenvalue weighted by atomic mass is 16.1. The first-order chi connectivity index (χ1) is 13.8. The molecule has 5 aromatic rings. The summed E-state index contributed by atoms with van der Waals surface area (Å²) in [6.07, 6.45) is 12.0. The molecule has 6 rings (SSSR count). The molecule has 0 unspecified atom stereocenters. The summed E-state index contributed by atoms with van der Waals surface area (Å²) in [6, 6.07) is 9.51. The van der Waals surface area contributed by atoms with E-state index < -0.39 is 0 Å². The molecule has 3 aromatic heterocycles. The van der Waals surface area contributed by atoms with Crippen LogP contribution in [0.5, 0.6) is 0 Å². The van der Waals surface area contributed by atoms with Crippen LogP contribution in [0, 0.1) is 0 Å². The molecule has 0 spiro atoms. The molecular weight excluding hydrogens is 352 g/mol. The number of aromatic nitrogens is 6. The Bertz CT molecular complexity index is 1370. The van der Waals surface area contributed by atoms with E-state index in [1.807, 2.05) is 51.9 Å². The quantitative estimate of drug-likeness (QED) is 0.471. The molecule has 1 aliphatic carbocycles. The zero-order valence-electron chi connectivity index (χ0n) is 14.5. The van der Waals surface area contributed by atoms with Gasteiger partial charge < -0.3 is 9.13 Å². The molecule has 2 aromatic carbocycles. The lowest BCUT2D eigenvalue weighted by Crippen LogP contribution is -2.16. The third kappa shape index (κ3) is 1.90. The smallest absolute Gasteiger partial charge is 0.196 e. The van der Waals surface area contributed by atoms with Crippen molar-refractivity contribution in [2.45, 2.75) is 0 Å². The number of nitrogens with zero attached hydrogens (tertiary/aromatic N) is 6. The zero-order chi connectivity index (χ0) is 18.7. The van der Waals surface area contributed by atoms with Gasteiger partial charge in [0, 0.05) is 41.3 Å². The summed E-state index contributed by atoms with van der Waals surface area (Å²) in [4.78, 5) is 30.9. The standard InChI is InChI=1S/C21H12N6O/c28-21-14-4-2-1-3-13(14)19-18-17(21)15(26-7-5-22-11-26)9-16(20(18)25-10-24-19)27-8-6-23-12-27/h1-12H. The van der Waals surface area contributed by atoms with E-state index in [1.54, 1.807) is 31.4 Å². The Morgan fingerprint density at radius 1 is 0.821 bits per heavy atom. The maximum atomic E-state index is 13.5. The molecule has 0 aliphatic heterocycles. The van der Waals surface area contributed by atoms with E-state index in [9.17, 15) is 4.79 Å². The van der Waals surface area contributed by atoms with Gasteiger partial charge in [-0.05, 0) is 6.07 Å². The Kier molecular flexibility index (Phi) is 2.91. The minimum Gasteiger partial charge on any atom is -0.305 e. The number of hydrogen-bond donors (Lipinski definition) is 0. The molecule has 0 N–H and O–H groups in total. The molecule has 28 heavy (non-hydrogen) atoms. The average molecular weight is 364 g/mol. The van der Waals surface area contributed by atoms with Crippen LogP contribution in [-0.4, -0.2) is 34.9 Å². The number of fused-ring (bicyclic) bond motifs is 2. The van der Waals surface area contributed by atoms with Crippen LogP contribution in [-0.2, 0) is 0 Å². The highest BCUT2D eigenvalue weighted by Gasteiger charge is 2.31. The summed E-state index contributed by atoms with van der Waals surface area (Å²) < 4.78 is 3.74. The molecule has 7 nitrogen and oxygen atoms in total. The van der Waals surface area contributed by atoms with Gasteiger partial charge in [-0.1, -0.05) is 24.3 Å². The van der Waals surface area contributed by atoms with Gasteiger partial charge in [0.2, 0.25) is 0 Å². The van der Waals surface area contributed by atoms with E-state index in [2.05, 4.69) is 19.9 Å². The Labute approximate surface area is 159 Å². The topological polar surface area (TPSA) is 78.5 Å². The van der Waals surface area contributed by atoms with Gasteiger partial charge in [-0.3, -0.25) is 4.79 Å². The number of carbonyl (C=O) groups excluding carboxylic acids is 1. The molecule has 0 fully saturated rings. The van der Waals surface area contributed by atoms with Crippen molar-refractivity contribution in [3.05, 3.63) is 85.2 Å². The number of benzene rings is 2. The van der Waals surface area contributed by atoms with E-state index >= 15 is 0 Å². The minimum absolute atomic E-state index is 0.0382. The normalized spacial score (nSPS) is 12.4. The van der Waals surface area contributed by atoms with E-state index in [1.165, 1.54) is 0 Å². The van der Waals surface area contributed by atoms with Gasteiger partial charge in [0.15, 0.2) is 5.78 Å². The maximum Gasteiger partial charge on any atom is 0.196 e. The largest absolute Gasteiger partial charge is 0.305 e. The second-order valence-electron chi connectivity index (χ2n) is 6.55. The lowest BCUT2D eigenvalue weighted by Gasteiger charge is -2.22. The number of imidazole rings is 2. The maximum absolute atomic E-state index is 13.5. The third-order valence-corrected chi connectivity index (χ3v) is 5.09. The number of carbonyl (C=O) groups is 1. The summed E-state index contributed by atoms with van der Waals surface area (Å²) in [6.45, 7) is 0. The van der Waals surface area contributed by atoms with Crippen LogP contribution in [0.25, 0.3) is 33.5 Å². The summed E-state index contributed by atoms with van der Waals surface area (Å²) in [5, 5.41) is 0.751. The van der Waals surface area contributed by atoms with Gasteiger partial charge in [-0.2, -0.15) is 0 Å². The number of ketones is 1. The summed E-state index contributed by atoms with van der Waals surface area (Å²) >= 11 is 0. The monoisotopic (exact) mass is 364 g/mol. The Hall–Kier alpha value is -4.13. The number of hydrogen-bond acceptors (Lipinski definition) is 5. The Balaban J connectivity index is 1.84. The lowest BCUT2D eigenvalue weighted by molar-refractivity contribution is 0.104. The predicted octanol–water partition coefficient (Wildman–Crippen LogP) is 3.21. The number of rotatable bonds is 2. The summed E-state index contributed by atoms with van der Waals surface area (Å²) in [5.41, 5.74) is 5.10. The van der Waals surface area contributed by atoms with Crippen molar-refractivity contribution in [2.24, 2.45) is 0 Å². The van der Waals surface area contributed by atoms with Gasteiger partial charge in [-0.25, -0.2) is 19.9 Å². The second kappa shape index (κ2) is 5.43. The van der Waals surface area contributed by atoms with Crippen LogP contribution >= 0.6 is 0 Å². The molecule has 0 amide bonds. The third-order valence-electron chi connectivity index (χ3n) is 5.09. The molecule has 132 valence electrons. The fourth-order valence-electron chi connectivity index (χ4n) is 3.87.